The minimum absolute atomic E-state index is 0.0700. The van der Waals surface area contributed by atoms with Crippen molar-refractivity contribution in [2.24, 2.45) is 22.2 Å². The van der Waals surface area contributed by atoms with Crippen LogP contribution in [0.3, 0.4) is 0 Å². The topological polar surface area (TPSA) is 267 Å². The minimum Gasteiger partial charge on any atom is -0.497 e. The number of para-hydroxylation sites is 4. The number of methoxy groups -OCH3 is 2. The molecular weight excluding hydrogens is 1170 g/mol. The van der Waals surface area contributed by atoms with Crippen LogP contribution < -0.4 is 41.4 Å². The van der Waals surface area contributed by atoms with Crippen molar-refractivity contribution in [2.75, 3.05) is 68.2 Å². The predicted octanol–water partition coefficient (Wildman–Crippen LogP) is 8.46. The molecule has 11 heterocycles. The minimum atomic E-state index is -0.125. The molecule has 3 fully saturated rings. The Labute approximate surface area is 517 Å². The molecule has 0 atom stereocenters. The van der Waals surface area contributed by atoms with Crippen molar-refractivity contribution in [3.05, 3.63) is 155 Å². The molecule has 0 spiro atoms. The molecule has 0 amide bonds. The van der Waals surface area contributed by atoms with Crippen LogP contribution in [0.25, 0.3) is 50.2 Å². The van der Waals surface area contributed by atoms with Crippen LogP contribution in [0.15, 0.2) is 138 Å². The maximum atomic E-state index is 6.35. The van der Waals surface area contributed by atoms with E-state index in [-0.39, 0.29) is 16.6 Å². The highest BCUT2D eigenvalue weighted by Gasteiger charge is 2.31. The van der Waals surface area contributed by atoms with Crippen LogP contribution in [0, 0.1) is 0 Å². The van der Waals surface area contributed by atoms with E-state index < -0.39 is 0 Å². The van der Waals surface area contributed by atoms with Gasteiger partial charge in [0.2, 0.25) is 0 Å². The van der Waals surface area contributed by atoms with Gasteiger partial charge >= 0.3 is 0 Å². The summed E-state index contributed by atoms with van der Waals surface area (Å²) in [5.74, 6) is 5.85. The molecule has 24 heteroatoms. The third-order valence-electron chi connectivity index (χ3n) is 17.3. The Morgan fingerprint density at radius 1 is 0.500 bits per heavy atom. The number of aliphatic imine (C=N–C) groups is 1. The summed E-state index contributed by atoms with van der Waals surface area (Å²) in [7, 11) is 3.33. The smallest absolute Gasteiger partial charge is 0.188 e. The molecule has 4 aliphatic heterocycles. The summed E-state index contributed by atoms with van der Waals surface area (Å²) in [5.41, 5.74) is 29.4. The van der Waals surface area contributed by atoms with E-state index >= 15 is 0 Å². The van der Waals surface area contributed by atoms with Crippen molar-refractivity contribution in [1.82, 2.24) is 68.6 Å². The normalized spacial score (nSPS) is 16.9. The van der Waals surface area contributed by atoms with Gasteiger partial charge in [-0.3, -0.25) is 14.1 Å². The van der Waals surface area contributed by atoms with E-state index in [1.165, 1.54) is 0 Å². The Balaban J connectivity index is 0.000000124. The number of nitrogens with two attached hydrogens (primary N) is 3. The fourth-order valence-corrected chi connectivity index (χ4v) is 12.1. The maximum Gasteiger partial charge on any atom is 0.188 e. The highest BCUT2D eigenvalue weighted by atomic mass is 79.9. The molecule has 0 aliphatic carbocycles. The van der Waals surface area contributed by atoms with Gasteiger partial charge in [-0.15, -0.1) is 5.10 Å². The summed E-state index contributed by atoms with van der Waals surface area (Å²) in [6.07, 6.45) is 14.8. The number of anilines is 3. The van der Waals surface area contributed by atoms with Gasteiger partial charge in [0.15, 0.2) is 33.1 Å². The lowest BCUT2D eigenvalue weighted by molar-refractivity contribution is 0.362. The zero-order valence-corrected chi connectivity index (χ0v) is 51.8. The Morgan fingerprint density at radius 3 is 1.44 bits per heavy atom. The van der Waals surface area contributed by atoms with Crippen molar-refractivity contribution < 1.29 is 9.47 Å². The van der Waals surface area contributed by atoms with Crippen LogP contribution in [0.2, 0.25) is 0 Å². The van der Waals surface area contributed by atoms with Crippen LogP contribution in [0.4, 0.5) is 17.5 Å². The van der Waals surface area contributed by atoms with E-state index in [2.05, 4.69) is 76.4 Å². The van der Waals surface area contributed by atoms with Crippen LogP contribution in [0.1, 0.15) is 81.8 Å². The molecule has 7 aromatic heterocycles. The quantitative estimate of drug-likeness (QED) is 0.116. The van der Waals surface area contributed by atoms with Gasteiger partial charge in [-0.05, 0) is 135 Å². The zero-order chi connectivity index (χ0) is 60.7. The zero-order valence-electron chi connectivity index (χ0n) is 50.2. The molecule has 4 aromatic carbocycles. The monoisotopic (exact) mass is 1250 g/mol. The van der Waals surface area contributed by atoms with Gasteiger partial charge < -0.3 is 41.4 Å². The van der Waals surface area contributed by atoms with Crippen molar-refractivity contribution in [3.8, 4) is 17.3 Å². The number of piperidine rings is 3. The van der Waals surface area contributed by atoms with E-state index in [1.54, 1.807) is 26.9 Å². The fourth-order valence-electron chi connectivity index (χ4n) is 11.6. The average molecular weight is 1250 g/mol. The SMILES string of the molecule is CC1(N)CCN(c2cnc3c(n2)CN=C3n2cnc3ccccc32)CC1.COc1ccc(Cn2nc(-n3cnc4ccccc43)c3ncc(N4CCC(C)(N)CC4)nc32)cc1.COc1ccc(Cn2nc(Br)c3ncc(N4CCC(C)(N)CC4)nc32)cc1. The molecule has 3 saturated heterocycles. The van der Waals surface area contributed by atoms with Crippen LogP contribution in [-0.2, 0) is 19.6 Å². The number of nitrogens with zero attached hydrogens (tertiary/aromatic N) is 18. The highest BCUT2D eigenvalue weighted by Crippen LogP contribution is 2.32. The Hall–Kier alpha value is -8.97. The van der Waals surface area contributed by atoms with Gasteiger partial charge in [0.05, 0.1) is 80.2 Å². The molecule has 23 nitrogen and oxygen atoms in total. The van der Waals surface area contributed by atoms with Gasteiger partial charge in [-0.25, -0.2) is 49.2 Å². The van der Waals surface area contributed by atoms with Gasteiger partial charge in [0, 0.05) is 55.9 Å². The Kier molecular flexibility index (Phi) is 15.8. The second-order valence-electron chi connectivity index (χ2n) is 24.2. The second kappa shape index (κ2) is 24.0. The third-order valence-corrected chi connectivity index (χ3v) is 17.8. The van der Waals surface area contributed by atoms with Crippen LogP contribution in [0.5, 0.6) is 11.5 Å². The summed E-state index contributed by atoms with van der Waals surface area (Å²) < 4.78 is 19.0. The largest absolute Gasteiger partial charge is 0.497 e. The molecule has 15 rings (SSSR count). The summed E-state index contributed by atoms with van der Waals surface area (Å²) in [5, 5.41) is 9.55. The second-order valence-corrected chi connectivity index (χ2v) is 25.0. The molecule has 0 radical (unpaired) electrons. The lowest BCUT2D eigenvalue weighted by Gasteiger charge is -2.37. The number of aromatic nitrogens is 14. The summed E-state index contributed by atoms with van der Waals surface area (Å²) in [6.45, 7) is 13.4. The van der Waals surface area contributed by atoms with Crippen LogP contribution >= 0.6 is 15.9 Å². The van der Waals surface area contributed by atoms with Gasteiger partial charge in [-0.2, -0.15) is 5.10 Å². The maximum absolute atomic E-state index is 6.35. The van der Waals surface area contributed by atoms with E-state index in [9.17, 15) is 0 Å². The van der Waals surface area contributed by atoms with Gasteiger partial charge in [0.1, 0.15) is 52.8 Å². The molecule has 6 N–H and O–H groups in total. The standard InChI is InChI=1S/C26H28N8O.C19H23BrN6O.C19H21N7/c1-26(27)11-13-32(14-12-26)22-15-28-23-24(30-22)34(16-18-7-9-19(35-2)10-8-18)31-25(23)33-17-29-20-5-3-4-6-21(20)33;1-19(21)7-9-25(10-8-19)15-11-22-16-17(20)24-26(18(16)23-15)12-13-3-5-14(27-2)6-4-13;1-19(20)6-8-25(9-7-19)16-11-21-17-14(24-16)10-22-18(17)26-12-23-13-4-2-3-5-15(13)26/h3-10,15,17H,11-14,16,27H2,1-2H3;3-6,11H,7-10,12,21H2,1-2H3;2-5,11-12H,6-10,20H2,1H3. The Morgan fingerprint density at radius 2 is 0.932 bits per heavy atom. The number of rotatable bonds is 10. The highest BCUT2D eigenvalue weighted by molar-refractivity contribution is 9.10. The molecular formula is C64H72BrN21O2. The number of hydrogen-bond acceptors (Lipinski definition) is 19. The number of ether oxygens (including phenoxy) is 2. The van der Waals surface area contributed by atoms with E-state index in [1.807, 2.05) is 134 Å². The number of fused-ring (bicyclic) bond motifs is 5. The van der Waals surface area contributed by atoms with E-state index in [4.69, 9.17) is 56.7 Å². The first-order valence-corrected chi connectivity index (χ1v) is 30.6. The molecule has 0 unspecified atom stereocenters. The lowest BCUT2D eigenvalue weighted by Crippen LogP contribution is -2.48. The number of hydrogen-bond donors (Lipinski definition) is 3. The van der Waals surface area contributed by atoms with Gasteiger partial charge in [0.25, 0.3) is 0 Å². The first kappa shape index (κ1) is 58.1. The molecule has 88 heavy (non-hydrogen) atoms. The third kappa shape index (κ3) is 12.2. The summed E-state index contributed by atoms with van der Waals surface area (Å²) in [4.78, 5) is 49.4. The first-order valence-electron chi connectivity index (χ1n) is 29.8. The van der Waals surface area contributed by atoms with Crippen molar-refractivity contribution in [3.63, 3.8) is 0 Å². The lowest BCUT2D eigenvalue weighted by atomic mass is 9.91. The van der Waals surface area contributed by atoms with E-state index in [0.29, 0.717) is 24.2 Å². The fraction of sp³-hybridized carbons (Fsp3) is 0.359. The first-order chi connectivity index (χ1) is 42.6. The van der Waals surface area contributed by atoms with Crippen molar-refractivity contribution >= 4 is 83.6 Å². The van der Waals surface area contributed by atoms with Crippen molar-refractivity contribution in [2.45, 2.75) is 95.5 Å². The van der Waals surface area contributed by atoms with E-state index in [0.717, 1.165) is 185 Å². The molecule has 11 aromatic rings. The summed E-state index contributed by atoms with van der Waals surface area (Å²) in [6, 6.07) is 32.0. The average Bonchev–Trinajstić information content (AvgIpc) is 1.97. The molecule has 0 saturated carbocycles. The van der Waals surface area contributed by atoms with Crippen LogP contribution in [-0.4, -0.2) is 145 Å². The number of benzene rings is 4. The van der Waals surface area contributed by atoms with Crippen molar-refractivity contribution in [1.29, 1.82) is 0 Å². The predicted molar refractivity (Wildman–Crippen MR) is 347 cm³/mol. The summed E-state index contributed by atoms with van der Waals surface area (Å²) >= 11 is 3.50. The van der Waals surface area contributed by atoms with Gasteiger partial charge in [-0.1, -0.05) is 48.5 Å². The number of imidazole rings is 2. The Bertz CT molecular complexity index is 4310. The number of halogens is 1. The molecule has 0 bridgehead atoms. The molecule has 4 aliphatic rings. The molecule has 452 valence electrons.